The molecule has 0 saturated heterocycles. The van der Waals surface area contributed by atoms with Gasteiger partial charge in [-0.1, -0.05) is 6.07 Å². The van der Waals surface area contributed by atoms with Gasteiger partial charge in [-0.15, -0.1) is 0 Å². The number of benzene rings is 2. The van der Waals surface area contributed by atoms with Crippen molar-refractivity contribution in [1.29, 1.82) is 0 Å². The lowest BCUT2D eigenvalue weighted by Gasteiger charge is -2.20. The lowest BCUT2D eigenvalue weighted by atomic mass is 10.1. The van der Waals surface area contributed by atoms with Crippen LogP contribution in [0.3, 0.4) is 0 Å². The third-order valence-electron chi connectivity index (χ3n) is 3.86. The van der Waals surface area contributed by atoms with E-state index in [0.29, 0.717) is 22.6 Å². The first kappa shape index (κ1) is 18.2. The standard InChI is InChI=1S/C18H21F2NO3/c1-11(12-4-6-15(19)16(20)8-12)21-10-17(22)14-9-13(23-2)5-7-18(14)24-3/h4-9,11,17,21-22H,10H2,1-3H3. The van der Waals surface area contributed by atoms with Crippen LogP contribution in [0.2, 0.25) is 0 Å². The molecule has 2 aromatic rings. The zero-order chi connectivity index (χ0) is 17.7. The van der Waals surface area contributed by atoms with Crippen LogP contribution in [0.4, 0.5) is 8.78 Å². The monoisotopic (exact) mass is 337 g/mol. The van der Waals surface area contributed by atoms with Crippen LogP contribution in [0, 0.1) is 11.6 Å². The lowest BCUT2D eigenvalue weighted by molar-refractivity contribution is 0.166. The number of hydrogen-bond donors (Lipinski definition) is 2. The van der Waals surface area contributed by atoms with E-state index in [2.05, 4.69) is 5.32 Å². The second kappa shape index (κ2) is 8.08. The number of aliphatic hydroxyl groups excluding tert-OH is 1. The van der Waals surface area contributed by atoms with Gasteiger partial charge in [0.05, 0.1) is 20.3 Å². The van der Waals surface area contributed by atoms with Gasteiger partial charge in [0.2, 0.25) is 0 Å². The smallest absolute Gasteiger partial charge is 0.159 e. The maximum absolute atomic E-state index is 13.3. The molecule has 6 heteroatoms. The zero-order valence-electron chi connectivity index (χ0n) is 13.8. The third kappa shape index (κ3) is 4.21. The minimum absolute atomic E-state index is 0.212. The number of hydrogen-bond acceptors (Lipinski definition) is 4. The Hall–Kier alpha value is -2.18. The van der Waals surface area contributed by atoms with E-state index in [4.69, 9.17) is 9.47 Å². The van der Waals surface area contributed by atoms with E-state index in [0.717, 1.165) is 12.1 Å². The average molecular weight is 337 g/mol. The summed E-state index contributed by atoms with van der Waals surface area (Å²) < 4.78 is 36.7. The maximum atomic E-state index is 13.3. The number of halogens is 2. The van der Waals surface area contributed by atoms with Crippen LogP contribution < -0.4 is 14.8 Å². The summed E-state index contributed by atoms with van der Waals surface area (Å²) in [5, 5.41) is 13.5. The second-order valence-corrected chi connectivity index (χ2v) is 5.43. The Morgan fingerprint density at radius 1 is 1.04 bits per heavy atom. The van der Waals surface area contributed by atoms with Crippen LogP contribution in [0.5, 0.6) is 11.5 Å². The molecule has 0 saturated carbocycles. The fourth-order valence-electron chi connectivity index (χ4n) is 2.40. The molecule has 130 valence electrons. The van der Waals surface area contributed by atoms with Gasteiger partial charge in [0.15, 0.2) is 11.6 Å². The highest BCUT2D eigenvalue weighted by Crippen LogP contribution is 2.29. The summed E-state index contributed by atoms with van der Waals surface area (Å²) in [5.41, 5.74) is 1.18. The molecule has 0 fully saturated rings. The summed E-state index contributed by atoms with van der Waals surface area (Å²) in [6.07, 6.45) is -0.845. The van der Waals surface area contributed by atoms with Crippen molar-refractivity contribution in [3.05, 3.63) is 59.2 Å². The van der Waals surface area contributed by atoms with Gasteiger partial charge in [-0.05, 0) is 42.8 Å². The van der Waals surface area contributed by atoms with Crippen molar-refractivity contribution in [2.45, 2.75) is 19.1 Å². The Morgan fingerprint density at radius 2 is 1.79 bits per heavy atom. The molecule has 0 aliphatic heterocycles. The molecular formula is C18H21F2NO3. The van der Waals surface area contributed by atoms with Crippen molar-refractivity contribution < 1.29 is 23.4 Å². The molecule has 0 aliphatic carbocycles. The molecule has 2 atom stereocenters. The third-order valence-corrected chi connectivity index (χ3v) is 3.86. The number of methoxy groups -OCH3 is 2. The van der Waals surface area contributed by atoms with Crippen molar-refractivity contribution >= 4 is 0 Å². The van der Waals surface area contributed by atoms with Crippen LogP contribution in [0.15, 0.2) is 36.4 Å². The molecular weight excluding hydrogens is 316 g/mol. The summed E-state index contributed by atoms with van der Waals surface area (Å²) in [4.78, 5) is 0. The molecule has 0 radical (unpaired) electrons. The molecule has 2 rings (SSSR count). The largest absolute Gasteiger partial charge is 0.497 e. The second-order valence-electron chi connectivity index (χ2n) is 5.43. The van der Waals surface area contributed by atoms with E-state index >= 15 is 0 Å². The van der Waals surface area contributed by atoms with E-state index in [1.54, 1.807) is 25.3 Å². The highest BCUT2D eigenvalue weighted by Gasteiger charge is 2.16. The fourth-order valence-corrected chi connectivity index (χ4v) is 2.40. The summed E-state index contributed by atoms with van der Waals surface area (Å²) in [7, 11) is 3.07. The molecule has 0 aromatic heterocycles. The average Bonchev–Trinajstić information content (AvgIpc) is 2.60. The van der Waals surface area contributed by atoms with E-state index in [-0.39, 0.29) is 12.6 Å². The zero-order valence-corrected chi connectivity index (χ0v) is 13.8. The Balaban J connectivity index is 2.06. The molecule has 0 aliphatic rings. The van der Waals surface area contributed by atoms with Gasteiger partial charge in [0.25, 0.3) is 0 Å². The van der Waals surface area contributed by atoms with E-state index < -0.39 is 17.7 Å². The minimum atomic E-state index is -0.892. The van der Waals surface area contributed by atoms with E-state index in [1.807, 2.05) is 6.92 Å². The van der Waals surface area contributed by atoms with Crippen molar-refractivity contribution in [3.8, 4) is 11.5 Å². The van der Waals surface area contributed by atoms with Crippen molar-refractivity contribution in [2.75, 3.05) is 20.8 Å². The topological polar surface area (TPSA) is 50.7 Å². The fraction of sp³-hybridized carbons (Fsp3) is 0.333. The first-order chi connectivity index (χ1) is 11.5. The van der Waals surface area contributed by atoms with Crippen molar-refractivity contribution in [3.63, 3.8) is 0 Å². The van der Waals surface area contributed by atoms with Gasteiger partial charge < -0.3 is 19.9 Å². The van der Waals surface area contributed by atoms with Gasteiger partial charge in [-0.2, -0.15) is 0 Å². The molecule has 4 nitrogen and oxygen atoms in total. The Bertz CT molecular complexity index is 694. The summed E-state index contributed by atoms with van der Waals surface area (Å²) >= 11 is 0. The quantitative estimate of drug-likeness (QED) is 0.813. The number of nitrogens with one attached hydrogen (secondary N) is 1. The van der Waals surface area contributed by atoms with Gasteiger partial charge >= 0.3 is 0 Å². The van der Waals surface area contributed by atoms with Gasteiger partial charge in [-0.3, -0.25) is 0 Å². The predicted octanol–water partition coefficient (Wildman–Crippen LogP) is 3.37. The summed E-state index contributed by atoms with van der Waals surface area (Å²) in [6, 6.07) is 8.65. The summed E-state index contributed by atoms with van der Waals surface area (Å²) in [6.45, 7) is 2.02. The van der Waals surface area contributed by atoms with E-state index in [1.165, 1.54) is 13.2 Å². The normalized spacial score (nSPS) is 13.4. The molecule has 0 spiro atoms. The first-order valence-corrected chi connectivity index (χ1v) is 7.54. The molecule has 0 amide bonds. The Morgan fingerprint density at radius 3 is 2.42 bits per heavy atom. The van der Waals surface area contributed by atoms with Gasteiger partial charge in [0.1, 0.15) is 11.5 Å². The van der Waals surface area contributed by atoms with Crippen LogP contribution >= 0.6 is 0 Å². The highest BCUT2D eigenvalue weighted by atomic mass is 19.2. The number of ether oxygens (including phenoxy) is 2. The van der Waals surface area contributed by atoms with Gasteiger partial charge in [-0.25, -0.2) is 8.78 Å². The number of rotatable bonds is 7. The van der Waals surface area contributed by atoms with Crippen LogP contribution in [0.25, 0.3) is 0 Å². The molecule has 2 aromatic carbocycles. The minimum Gasteiger partial charge on any atom is -0.497 e. The van der Waals surface area contributed by atoms with Gasteiger partial charge in [0, 0.05) is 18.2 Å². The Kier molecular flexibility index (Phi) is 6.11. The molecule has 24 heavy (non-hydrogen) atoms. The maximum Gasteiger partial charge on any atom is 0.159 e. The SMILES string of the molecule is COc1ccc(OC)c(C(O)CNC(C)c2ccc(F)c(F)c2)c1. The number of aliphatic hydroxyl groups is 1. The van der Waals surface area contributed by atoms with Crippen molar-refractivity contribution in [1.82, 2.24) is 5.32 Å². The molecule has 0 heterocycles. The molecule has 2 N–H and O–H groups in total. The summed E-state index contributed by atoms with van der Waals surface area (Å²) in [5.74, 6) is -0.618. The predicted molar refractivity (Wildman–Crippen MR) is 87.3 cm³/mol. The highest BCUT2D eigenvalue weighted by molar-refractivity contribution is 5.41. The van der Waals surface area contributed by atoms with Crippen LogP contribution in [-0.2, 0) is 0 Å². The van der Waals surface area contributed by atoms with E-state index in [9.17, 15) is 13.9 Å². The van der Waals surface area contributed by atoms with Crippen LogP contribution in [0.1, 0.15) is 30.2 Å². The Labute approximate surface area is 140 Å². The lowest BCUT2D eigenvalue weighted by Crippen LogP contribution is -2.25. The molecule has 2 unspecified atom stereocenters. The van der Waals surface area contributed by atoms with Crippen molar-refractivity contribution in [2.24, 2.45) is 0 Å². The van der Waals surface area contributed by atoms with Crippen LogP contribution in [-0.4, -0.2) is 25.9 Å². The first-order valence-electron chi connectivity index (χ1n) is 7.54. The molecule has 0 bridgehead atoms.